The third kappa shape index (κ3) is 2.44. The van der Waals surface area contributed by atoms with E-state index in [1.807, 2.05) is 6.07 Å². The molecule has 2 heterocycles. The number of aryl methyl sites for hydroxylation is 1. The highest BCUT2D eigenvalue weighted by Gasteiger charge is 2.36. The van der Waals surface area contributed by atoms with Crippen molar-refractivity contribution in [2.45, 2.75) is 20.3 Å². The van der Waals surface area contributed by atoms with Crippen LogP contribution in [-0.2, 0) is 16.0 Å². The van der Waals surface area contributed by atoms with E-state index in [-0.39, 0.29) is 17.8 Å². The van der Waals surface area contributed by atoms with E-state index in [0.717, 1.165) is 24.5 Å². The summed E-state index contributed by atoms with van der Waals surface area (Å²) in [5, 5.41) is 0. The van der Waals surface area contributed by atoms with Gasteiger partial charge in [0.1, 0.15) is 12.1 Å². The van der Waals surface area contributed by atoms with E-state index in [0.29, 0.717) is 6.54 Å². The quantitative estimate of drug-likeness (QED) is 0.755. The number of carbonyl (C=O) groups is 1. The number of esters is 1. The second kappa shape index (κ2) is 5.33. The lowest BCUT2D eigenvalue weighted by atomic mass is 9.99. The molecule has 1 aliphatic rings. The largest absolute Gasteiger partial charge is 0.469 e. The van der Waals surface area contributed by atoms with Gasteiger partial charge in [0.2, 0.25) is 0 Å². The van der Waals surface area contributed by atoms with E-state index in [2.05, 4.69) is 28.7 Å². The molecule has 5 nitrogen and oxygen atoms in total. The first kappa shape index (κ1) is 12.8. The Kier molecular flexibility index (Phi) is 3.79. The first-order chi connectivity index (χ1) is 8.65. The van der Waals surface area contributed by atoms with Gasteiger partial charge in [-0.25, -0.2) is 9.97 Å². The lowest BCUT2D eigenvalue weighted by Gasteiger charge is -2.17. The van der Waals surface area contributed by atoms with Gasteiger partial charge < -0.3 is 9.64 Å². The number of carbonyl (C=O) groups excluding carboxylic acids is 1. The van der Waals surface area contributed by atoms with Crippen LogP contribution < -0.4 is 4.90 Å². The highest BCUT2D eigenvalue weighted by atomic mass is 16.5. The molecule has 0 radical (unpaired) electrons. The molecule has 0 saturated carbocycles. The number of rotatable bonds is 3. The van der Waals surface area contributed by atoms with Gasteiger partial charge in [-0.05, 0) is 12.3 Å². The standard InChI is InChI=1S/C13H19N3O2/c1-4-10-5-12(15-8-14-10)16-6-9(2)11(7-16)13(17)18-3/h5,8-9,11H,4,6-7H2,1-3H3. The van der Waals surface area contributed by atoms with E-state index < -0.39 is 0 Å². The van der Waals surface area contributed by atoms with Crippen LogP contribution in [0.15, 0.2) is 12.4 Å². The summed E-state index contributed by atoms with van der Waals surface area (Å²) in [6.07, 6.45) is 2.48. The minimum absolute atomic E-state index is 0.0601. The normalized spacial score (nSPS) is 23.2. The molecule has 0 spiro atoms. The van der Waals surface area contributed by atoms with Crippen LogP contribution in [0.25, 0.3) is 0 Å². The Hall–Kier alpha value is -1.65. The van der Waals surface area contributed by atoms with Gasteiger partial charge in [-0.2, -0.15) is 0 Å². The zero-order valence-corrected chi connectivity index (χ0v) is 11.1. The average Bonchev–Trinajstić information content (AvgIpc) is 2.80. The van der Waals surface area contributed by atoms with Gasteiger partial charge in [-0.1, -0.05) is 13.8 Å². The number of anilines is 1. The molecule has 18 heavy (non-hydrogen) atoms. The molecular weight excluding hydrogens is 230 g/mol. The Morgan fingerprint density at radius 3 is 2.94 bits per heavy atom. The van der Waals surface area contributed by atoms with Crippen LogP contribution in [0.3, 0.4) is 0 Å². The lowest BCUT2D eigenvalue weighted by Crippen LogP contribution is -2.25. The van der Waals surface area contributed by atoms with Crippen molar-refractivity contribution in [2.24, 2.45) is 11.8 Å². The summed E-state index contributed by atoms with van der Waals surface area (Å²) in [5.41, 5.74) is 1.02. The fraction of sp³-hybridized carbons (Fsp3) is 0.615. The third-order valence-corrected chi connectivity index (χ3v) is 3.51. The number of hydrogen-bond donors (Lipinski definition) is 0. The van der Waals surface area contributed by atoms with E-state index in [1.54, 1.807) is 6.33 Å². The summed E-state index contributed by atoms with van der Waals surface area (Å²) in [5.74, 6) is 1.00. The summed E-state index contributed by atoms with van der Waals surface area (Å²) in [6, 6.07) is 1.99. The first-order valence-corrected chi connectivity index (χ1v) is 6.29. The van der Waals surface area contributed by atoms with Crippen molar-refractivity contribution in [3.63, 3.8) is 0 Å². The molecule has 0 aromatic carbocycles. The van der Waals surface area contributed by atoms with Gasteiger partial charge in [-0.15, -0.1) is 0 Å². The van der Waals surface area contributed by atoms with Crippen LogP contribution in [0.2, 0.25) is 0 Å². The van der Waals surface area contributed by atoms with Crippen LogP contribution in [0.5, 0.6) is 0 Å². The number of ether oxygens (including phenoxy) is 1. The minimum atomic E-state index is -0.130. The Morgan fingerprint density at radius 2 is 2.28 bits per heavy atom. The zero-order valence-electron chi connectivity index (χ0n) is 11.1. The van der Waals surface area contributed by atoms with Crippen molar-refractivity contribution in [1.82, 2.24) is 9.97 Å². The first-order valence-electron chi connectivity index (χ1n) is 6.29. The van der Waals surface area contributed by atoms with Crippen molar-refractivity contribution >= 4 is 11.8 Å². The predicted molar refractivity (Wildman–Crippen MR) is 68.3 cm³/mol. The Balaban J connectivity index is 2.13. The molecule has 98 valence electrons. The molecule has 2 unspecified atom stereocenters. The van der Waals surface area contributed by atoms with Crippen LogP contribution in [0, 0.1) is 11.8 Å². The molecule has 1 aromatic rings. The number of aromatic nitrogens is 2. The molecule has 1 saturated heterocycles. The fourth-order valence-electron chi connectivity index (χ4n) is 2.36. The molecule has 0 amide bonds. The fourth-order valence-corrected chi connectivity index (χ4v) is 2.36. The van der Waals surface area contributed by atoms with Crippen molar-refractivity contribution in [3.05, 3.63) is 18.1 Å². The predicted octanol–water partition coefficient (Wildman–Crippen LogP) is 1.28. The molecule has 1 aliphatic heterocycles. The maximum absolute atomic E-state index is 11.6. The maximum Gasteiger partial charge on any atom is 0.310 e. The molecule has 0 aliphatic carbocycles. The Bertz CT molecular complexity index is 436. The minimum Gasteiger partial charge on any atom is -0.469 e. The van der Waals surface area contributed by atoms with Gasteiger partial charge in [0.15, 0.2) is 0 Å². The third-order valence-electron chi connectivity index (χ3n) is 3.51. The smallest absolute Gasteiger partial charge is 0.310 e. The topological polar surface area (TPSA) is 55.3 Å². The number of hydrogen-bond acceptors (Lipinski definition) is 5. The SMILES string of the molecule is CCc1cc(N2CC(C)C(C(=O)OC)C2)ncn1. The van der Waals surface area contributed by atoms with Crippen molar-refractivity contribution in [1.29, 1.82) is 0 Å². The summed E-state index contributed by atoms with van der Waals surface area (Å²) in [4.78, 5) is 22.3. The van der Waals surface area contributed by atoms with Crippen molar-refractivity contribution in [2.75, 3.05) is 25.1 Å². The van der Waals surface area contributed by atoms with E-state index in [1.165, 1.54) is 7.11 Å². The number of nitrogens with zero attached hydrogens (tertiary/aromatic N) is 3. The summed E-state index contributed by atoms with van der Waals surface area (Å²) in [6.45, 7) is 5.65. The molecule has 1 fully saturated rings. The van der Waals surface area contributed by atoms with Crippen molar-refractivity contribution < 1.29 is 9.53 Å². The molecule has 2 atom stereocenters. The molecular formula is C13H19N3O2. The monoisotopic (exact) mass is 249 g/mol. The Morgan fingerprint density at radius 1 is 1.50 bits per heavy atom. The molecule has 1 aromatic heterocycles. The van der Waals surface area contributed by atoms with E-state index in [4.69, 9.17) is 4.74 Å². The highest BCUT2D eigenvalue weighted by Crippen LogP contribution is 2.27. The molecule has 2 rings (SSSR count). The maximum atomic E-state index is 11.6. The number of methoxy groups -OCH3 is 1. The molecule has 5 heteroatoms. The molecule has 0 bridgehead atoms. The van der Waals surface area contributed by atoms with Gasteiger partial charge in [0.05, 0.1) is 13.0 Å². The van der Waals surface area contributed by atoms with Gasteiger partial charge in [0, 0.05) is 24.8 Å². The van der Waals surface area contributed by atoms with Crippen LogP contribution in [0.4, 0.5) is 5.82 Å². The molecule has 0 N–H and O–H groups in total. The summed E-state index contributed by atoms with van der Waals surface area (Å²) >= 11 is 0. The average molecular weight is 249 g/mol. The second-order valence-corrected chi connectivity index (χ2v) is 4.73. The van der Waals surface area contributed by atoms with E-state index in [9.17, 15) is 4.79 Å². The summed E-state index contributed by atoms with van der Waals surface area (Å²) in [7, 11) is 1.44. The van der Waals surface area contributed by atoms with Gasteiger partial charge in [-0.3, -0.25) is 4.79 Å². The van der Waals surface area contributed by atoms with E-state index >= 15 is 0 Å². The van der Waals surface area contributed by atoms with Crippen LogP contribution >= 0.6 is 0 Å². The van der Waals surface area contributed by atoms with Crippen LogP contribution in [0.1, 0.15) is 19.5 Å². The Labute approximate surface area is 107 Å². The highest BCUT2D eigenvalue weighted by molar-refractivity contribution is 5.74. The second-order valence-electron chi connectivity index (χ2n) is 4.73. The lowest BCUT2D eigenvalue weighted by molar-refractivity contribution is -0.145. The zero-order chi connectivity index (χ0) is 13.1. The van der Waals surface area contributed by atoms with Gasteiger partial charge >= 0.3 is 5.97 Å². The van der Waals surface area contributed by atoms with Crippen LogP contribution in [-0.4, -0.2) is 36.1 Å². The summed E-state index contributed by atoms with van der Waals surface area (Å²) < 4.78 is 4.84. The van der Waals surface area contributed by atoms with Gasteiger partial charge in [0.25, 0.3) is 0 Å². The van der Waals surface area contributed by atoms with Crippen molar-refractivity contribution in [3.8, 4) is 0 Å².